The third kappa shape index (κ3) is 7.75. The predicted octanol–water partition coefficient (Wildman–Crippen LogP) is 7.42. The normalized spacial score (nSPS) is 16.6. The lowest BCUT2D eigenvalue weighted by Crippen LogP contribution is -2.29. The molecule has 1 aliphatic rings. The summed E-state index contributed by atoms with van der Waals surface area (Å²) in [5, 5.41) is 0. The van der Waals surface area contributed by atoms with E-state index < -0.39 is 0 Å². The quantitative estimate of drug-likeness (QED) is 0.364. The lowest BCUT2D eigenvalue weighted by molar-refractivity contribution is -0.129. The van der Waals surface area contributed by atoms with Crippen molar-refractivity contribution in [2.24, 2.45) is 17.8 Å². The molecule has 184 valence electrons. The van der Waals surface area contributed by atoms with Crippen molar-refractivity contribution in [1.29, 1.82) is 0 Å². The van der Waals surface area contributed by atoms with Gasteiger partial charge in [0.25, 0.3) is 0 Å². The molecule has 0 heterocycles. The molecular formula is C31H42O3. The van der Waals surface area contributed by atoms with Gasteiger partial charge in [-0.05, 0) is 75.5 Å². The van der Waals surface area contributed by atoms with Crippen molar-refractivity contribution >= 4 is 17.3 Å². The Morgan fingerprint density at radius 1 is 0.971 bits per heavy atom. The molecule has 0 saturated heterocycles. The van der Waals surface area contributed by atoms with Crippen molar-refractivity contribution in [3.05, 3.63) is 70.3 Å². The van der Waals surface area contributed by atoms with Gasteiger partial charge in [-0.3, -0.25) is 14.4 Å². The van der Waals surface area contributed by atoms with Crippen LogP contribution in [0.25, 0.3) is 0 Å². The molecule has 0 amide bonds. The Kier molecular flexibility index (Phi) is 10.9. The first-order valence-corrected chi connectivity index (χ1v) is 12.8. The maximum absolute atomic E-state index is 12.8. The molecular weight excluding hydrogens is 420 g/mol. The Bertz CT molecular complexity index is 974. The Hall–Kier alpha value is -2.55. The molecule has 0 fully saturated rings. The first-order valence-electron chi connectivity index (χ1n) is 12.8. The summed E-state index contributed by atoms with van der Waals surface area (Å²) in [7, 11) is 0. The summed E-state index contributed by atoms with van der Waals surface area (Å²) in [6.07, 6.45) is 5.20. The van der Waals surface area contributed by atoms with E-state index in [-0.39, 0.29) is 35.6 Å². The van der Waals surface area contributed by atoms with Crippen LogP contribution in [0.3, 0.4) is 0 Å². The molecule has 1 aliphatic carbocycles. The average Bonchev–Trinajstić information content (AvgIpc) is 2.77. The minimum Gasteiger partial charge on any atom is -0.300 e. The number of Topliss-reactive ketones (excluding diaryl/α,β-unsaturated/α-hetero) is 3. The molecule has 0 N–H and O–H groups in total. The second-order valence-electron chi connectivity index (χ2n) is 10.0. The van der Waals surface area contributed by atoms with E-state index in [1.54, 1.807) is 0 Å². The van der Waals surface area contributed by atoms with Gasteiger partial charge in [0, 0.05) is 17.9 Å². The first-order chi connectivity index (χ1) is 16.2. The molecule has 3 atom stereocenters. The molecule has 2 aromatic carbocycles. The van der Waals surface area contributed by atoms with Crippen LogP contribution in [0.2, 0.25) is 0 Å². The summed E-state index contributed by atoms with van der Waals surface area (Å²) < 4.78 is 0. The summed E-state index contributed by atoms with van der Waals surface area (Å²) in [5.41, 5.74) is 5.70. The van der Waals surface area contributed by atoms with Gasteiger partial charge in [-0.15, -0.1) is 0 Å². The van der Waals surface area contributed by atoms with E-state index >= 15 is 0 Å². The van der Waals surface area contributed by atoms with Gasteiger partial charge >= 0.3 is 0 Å². The highest BCUT2D eigenvalue weighted by atomic mass is 16.1. The summed E-state index contributed by atoms with van der Waals surface area (Å²) in [4.78, 5) is 36.8. The molecule has 2 aromatic rings. The standard InChI is InChI=1S/C24H34O3.C7H8/c1-6-8-19(21(7-2)22(26)11-16(4)25)12-18-13-20-10-9-15(3)17(5)24(20)23(27)14-18;1-7-5-3-2-4-6-7/h9-10,18-19,21H,6-8,11-14H2,1-5H3;2-6H,1H3. The minimum atomic E-state index is -0.0647. The molecule has 0 aromatic heterocycles. The summed E-state index contributed by atoms with van der Waals surface area (Å²) in [5.74, 6) is 0.769. The van der Waals surface area contributed by atoms with Crippen molar-refractivity contribution in [3.8, 4) is 0 Å². The average molecular weight is 463 g/mol. The van der Waals surface area contributed by atoms with Gasteiger partial charge in [0.05, 0.1) is 6.42 Å². The van der Waals surface area contributed by atoms with E-state index in [1.807, 2.05) is 32.0 Å². The Labute approximate surface area is 206 Å². The fourth-order valence-electron chi connectivity index (χ4n) is 5.36. The van der Waals surface area contributed by atoms with E-state index in [9.17, 15) is 14.4 Å². The van der Waals surface area contributed by atoms with Crippen molar-refractivity contribution in [2.75, 3.05) is 0 Å². The molecule has 0 spiro atoms. The maximum Gasteiger partial charge on any atom is 0.163 e. The summed E-state index contributed by atoms with van der Waals surface area (Å²) in [6.45, 7) is 11.8. The zero-order valence-electron chi connectivity index (χ0n) is 21.9. The van der Waals surface area contributed by atoms with E-state index in [4.69, 9.17) is 0 Å². The second-order valence-corrected chi connectivity index (χ2v) is 10.0. The number of ketones is 3. The van der Waals surface area contributed by atoms with Crippen LogP contribution >= 0.6 is 0 Å². The molecule has 0 aliphatic heterocycles. The zero-order valence-corrected chi connectivity index (χ0v) is 21.9. The molecule has 3 heteroatoms. The fourth-order valence-corrected chi connectivity index (χ4v) is 5.36. The van der Waals surface area contributed by atoms with Gasteiger partial charge in [-0.1, -0.05) is 74.7 Å². The lowest BCUT2D eigenvalue weighted by Gasteiger charge is -2.32. The number of benzene rings is 2. The van der Waals surface area contributed by atoms with Crippen LogP contribution in [0.1, 0.15) is 91.9 Å². The summed E-state index contributed by atoms with van der Waals surface area (Å²) in [6, 6.07) is 14.5. The highest BCUT2D eigenvalue weighted by Crippen LogP contribution is 2.36. The van der Waals surface area contributed by atoms with Crippen LogP contribution in [0.15, 0.2) is 42.5 Å². The topological polar surface area (TPSA) is 51.2 Å². The van der Waals surface area contributed by atoms with Gasteiger partial charge in [0.1, 0.15) is 11.6 Å². The highest BCUT2D eigenvalue weighted by Gasteiger charge is 2.33. The number of carbonyl (C=O) groups is 3. The Morgan fingerprint density at radius 2 is 1.65 bits per heavy atom. The van der Waals surface area contributed by atoms with E-state index in [2.05, 4.69) is 45.0 Å². The van der Waals surface area contributed by atoms with Gasteiger partial charge < -0.3 is 0 Å². The number of carbonyl (C=O) groups excluding carboxylic acids is 3. The predicted molar refractivity (Wildman–Crippen MR) is 140 cm³/mol. The number of fused-ring (bicyclic) bond motifs is 1. The number of hydrogen-bond donors (Lipinski definition) is 0. The first kappa shape index (κ1) is 27.7. The molecule has 3 nitrogen and oxygen atoms in total. The molecule has 0 saturated carbocycles. The molecule has 3 rings (SSSR count). The van der Waals surface area contributed by atoms with E-state index in [0.29, 0.717) is 12.3 Å². The van der Waals surface area contributed by atoms with Crippen molar-refractivity contribution in [2.45, 2.75) is 86.5 Å². The molecule has 0 bridgehead atoms. The summed E-state index contributed by atoms with van der Waals surface area (Å²) >= 11 is 0. The van der Waals surface area contributed by atoms with Crippen LogP contribution in [0.4, 0.5) is 0 Å². The SMILES string of the molecule is CCCC(CC1CC(=O)c2c(ccc(C)c2C)C1)C(CC)C(=O)CC(C)=O.Cc1ccccc1. The van der Waals surface area contributed by atoms with E-state index in [1.165, 1.54) is 18.1 Å². The van der Waals surface area contributed by atoms with Gasteiger partial charge in [-0.2, -0.15) is 0 Å². The number of rotatable bonds is 9. The third-order valence-electron chi connectivity index (χ3n) is 7.17. The van der Waals surface area contributed by atoms with Gasteiger partial charge in [0.15, 0.2) is 5.78 Å². The molecule has 34 heavy (non-hydrogen) atoms. The van der Waals surface area contributed by atoms with Crippen LogP contribution in [-0.4, -0.2) is 17.3 Å². The maximum atomic E-state index is 12.8. The van der Waals surface area contributed by atoms with Crippen molar-refractivity contribution in [3.63, 3.8) is 0 Å². The van der Waals surface area contributed by atoms with Crippen LogP contribution in [-0.2, 0) is 16.0 Å². The minimum absolute atomic E-state index is 0.0453. The van der Waals surface area contributed by atoms with Crippen molar-refractivity contribution < 1.29 is 14.4 Å². The third-order valence-corrected chi connectivity index (χ3v) is 7.17. The van der Waals surface area contributed by atoms with E-state index in [0.717, 1.165) is 48.8 Å². The Balaban J connectivity index is 0.000000497. The van der Waals surface area contributed by atoms with Crippen LogP contribution in [0, 0.1) is 38.5 Å². The lowest BCUT2D eigenvalue weighted by atomic mass is 9.72. The smallest absolute Gasteiger partial charge is 0.163 e. The second kappa shape index (κ2) is 13.4. The monoisotopic (exact) mass is 462 g/mol. The zero-order chi connectivity index (χ0) is 25.3. The number of aryl methyl sites for hydroxylation is 2. The van der Waals surface area contributed by atoms with Crippen molar-refractivity contribution in [1.82, 2.24) is 0 Å². The van der Waals surface area contributed by atoms with Crippen LogP contribution < -0.4 is 0 Å². The molecule has 3 unspecified atom stereocenters. The highest BCUT2D eigenvalue weighted by molar-refractivity contribution is 6.00. The molecule has 0 radical (unpaired) electrons. The Morgan fingerprint density at radius 3 is 2.18 bits per heavy atom. The van der Waals surface area contributed by atoms with Gasteiger partial charge in [-0.25, -0.2) is 0 Å². The number of hydrogen-bond acceptors (Lipinski definition) is 3. The largest absolute Gasteiger partial charge is 0.300 e. The van der Waals surface area contributed by atoms with Gasteiger partial charge in [0.2, 0.25) is 0 Å². The fraction of sp³-hybridized carbons (Fsp3) is 0.516. The van der Waals surface area contributed by atoms with Crippen LogP contribution in [0.5, 0.6) is 0 Å².